The molecule has 5 heteroatoms. The zero-order valence-electron chi connectivity index (χ0n) is 14.0. The normalized spacial score (nSPS) is 23.0. The second-order valence-corrected chi connectivity index (χ2v) is 6.75. The predicted molar refractivity (Wildman–Crippen MR) is 88.5 cm³/mol. The molecule has 0 radical (unpaired) electrons. The van der Waals surface area contributed by atoms with Crippen LogP contribution in [0.25, 0.3) is 0 Å². The Kier molecular flexibility index (Phi) is 4.87. The highest BCUT2D eigenvalue weighted by molar-refractivity contribution is 5.85. The van der Waals surface area contributed by atoms with E-state index < -0.39 is 5.54 Å². The summed E-state index contributed by atoms with van der Waals surface area (Å²) in [5.41, 5.74) is -0.481. The van der Waals surface area contributed by atoms with Crippen LogP contribution < -0.4 is 4.74 Å². The second-order valence-electron chi connectivity index (χ2n) is 6.75. The summed E-state index contributed by atoms with van der Waals surface area (Å²) in [5, 5.41) is 0. The number of benzene rings is 1. The Morgan fingerprint density at radius 1 is 1.17 bits per heavy atom. The number of morpholine rings is 1. The molecule has 0 aliphatic carbocycles. The van der Waals surface area contributed by atoms with E-state index in [1.807, 2.05) is 49.1 Å². The van der Waals surface area contributed by atoms with E-state index >= 15 is 0 Å². The van der Waals surface area contributed by atoms with Crippen LogP contribution >= 0.6 is 0 Å². The van der Waals surface area contributed by atoms with Crippen LogP contribution in [0.5, 0.6) is 5.75 Å². The van der Waals surface area contributed by atoms with Crippen molar-refractivity contribution in [2.24, 2.45) is 0 Å². The summed E-state index contributed by atoms with van der Waals surface area (Å²) in [4.78, 5) is 17.1. The maximum Gasteiger partial charge on any atom is 0.242 e. The highest BCUT2D eigenvalue weighted by Crippen LogP contribution is 2.24. The summed E-state index contributed by atoms with van der Waals surface area (Å²) >= 11 is 0. The van der Waals surface area contributed by atoms with Crippen LogP contribution in [0.3, 0.4) is 0 Å². The number of ether oxygens (including phenoxy) is 2. The number of carbonyl (C=O) groups is 1. The lowest BCUT2D eigenvalue weighted by molar-refractivity contribution is -0.144. The molecule has 2 aliphatic rings. The molecule has 2 aliphatic heterocycles. The first-order chi connectivity index (χ1) is 11.1. The molecule has 0 spiro atoms. The quantitative estimate of drug-likeness (QED) is 0.849. The largest absolute Gasteiger partial charge is 0.489 e. The van der Waals surface area contributed by atoms with E-state index in [0.717, 1.165) is 31.8 Å². The standard InChI is InChI=1S/C18H26N2O3/c1-18(2,20-10-12-22-13-11-20)17(21)19-9-8-16(14-19)23-15-6-4-3-5-7-15/h3-7,16H,8-14H2,1-2H3. The zero-order valence-corrected chi connectivity index (χ0v) is 14.0. The molecular formula is C18H26N2O3. The highest BCUT2D eigenvalue weighted by Gasteiger charge is 2.40. The molecule has 1 atom stereocenters. The van der Waals surface area contributed by atoms with Gasteiger partial charge in [-0.1, -0.05) is 18.2 Å². The lowest BCUT2D eigenvalue weighted by Crippen LogP contribution is -2.58. The first kappa shape index (κ1) is 16.3. The van der Waals surface area contributed by atoms with Crippen molar-refractivity contribution in [2.75, 3.05) is 39.4 Å². The summed E-state index contributed by atoms with van der Waals surface area (Å²) in [5.74, 6) is 1.07. The number of rotatable bonds is 4. The summed E-state index contributed by atoms with van der Waals surface area (Å²) in [6.45, 7) is 8.52. The van der Waals surface area contributed by atoms with Crippen molar-refractivity contribution < 1.29 is 14.3 Å². The van der Waals surface area contributed by atoms with Gasteiger partial charge in [0.15, 0.2) is 0 Å². The Bertz CT molecular complexity index is 526. The molecule has 5 nitrogen and oxygen atoms in total. The number of carbonyl (C=O) groups excluding carboxylic acids is 1. The number of hydrogen-bond donors (Lipinski definition) is 0. The van der Waals surface area contributed by atoms with Crippen LogP contribution in [0.2, 0.25) is 0 Å². The van der Waals surface area contributed by atoms with E-state index in [0.29, 0.717) is 19.8 Å². The van der Waals surface area contributed by atoms with Crippen molar-refractivity contribution in [2.45, 2.75) is 31.9 Å². The fraction of sp³-hybridized carbons (Fsp3) is 0.611. The molecule has 0 bridgehead atoms. The third-order valence-electron chi connectivity index (χ3n) is 4.80. The second kappa shape index (κ2) is 6.89. The van der Waals surface area contributed by atoms with E-state index in [1.54, 1.807) is 0 Å². The third kappa shape index (κ3) is 3.67. The fourth-order valence-electron chi connectivity index (χ4n) is 3.34. The van der Waals surface area contributed by atoms with E-state index in [9.17, 15) is 4.79 Å². The van der Waals surface area contributed by atoms with Crippen LogP contribution in [-0.4, -0.2) is 66.7 Å². The van der Waals surface area contributed by atoms with Crippen LogP contribution in [0, 0.1) is 0 Å². The molecule has 1 aromatic carbocycles. The minimum Gasteiger partial charge on any atom is -0.489 e. The molecule has 0 N–H and O–H groups in total. The van der Waals surface area contributed by atoms with Gasteiger partial charge in [0.2, 0.25) is 5.91 Å². The Balaban J connectivity index is 1.58. The first-order valence-corrected chi connectivity index (χ1v) is 8.41. The molecule has 2 saturated heterocycles. The van der Waals surface area contributed by atoms with Crippen molar-refractivity contribution in [3.05, 3.63) is 30.3 Å². The molecule has 126 valence electrons. The lowest BCUT2D eigenvalue weighted by Gasteiger charge is -2.41. The van der Waals surface area contributed by atoms with Crippen LogP contribution in [0.1, 0.15) is 20.3 Å². The monoisotopic (exact) mass is 318 g/mol. The van der Waals surface area contributed by atoms with Crippen molar-refractivity contribution in [1.82, 2.24) is 9.80 Å². The van der Waals surface area contributed by atoms with Crippen molar-refractivity contribution >= 4 is 5.91 Å². The van der Waals surface area contributed by atoms with E-state index in [4.69, 9.17) is 9.47 Å². The molecule has 1 aromatic rings. The maximum atomic E-state index is 13.0. The van der Waals surface area contributed by atoms with Crippen LogP contribution in [0.4, 0.5) is 0 Å². The molecule has 2 heterocycles. The van der Waals surface area contributed by atoms with Gasteiger partial charge in [-0.25, -0.2) is 0 Å². The van der Waals surface area contributed by atoms with Gasteiger partial charge in [0.1, 0.15) is 11.9 Å². The van der Waals surface area contributed by atoms with Crippen LogP contribution in [0.15, 0.2) is 30.3 Å². The van der Waals surface area contributed by atoms with Crippen molar-refractivity contribution in [3.63, 3.8) is 0 Å². The molecule has 2 fully saturated rings. The average molecular weight is 318 g/mol. The summed E-state index contributed by atoms with van der Waals surface area (Å²) in [7, 11) is 0. The summed E-state index contributed by atoms with van der Waals surface area (Å²) < 4.78 is 11.4. The smallest absolute Gasteiger partial charge is 0.242 e. The van der Waals surface area contributed by atoms with Crippen molar-refractivity contribution in [1.29, 1.82) is 0 Å². The van der Waals surface area contributed by atoms with Gasteiger partial charge in [0.05, 0.1) is 25.3 Å². The van der Waals surface area contributed by atoms with Gasteiger partial charge in [0, 0.05) is 26.1 Å². The minimum atomic E-state index is -0.481. The average Bonchev–Trinajstić information content (AvgIpc) is 3.04. The molecule has 1 amide bonds. The Morgan fingerprint density at radius 3 is 2.57 bits per heavy atom. The molecule has 1 unspecified atom stereocenters. The Labute approximate surface area is 138 Å². The van der Waals surface area contributed by atoms with Gasteiger partial charge in [-0.3, -0.25) is 9.69 Å². The predicted octanol–water partition coefficient (Wildman–Crippen LogP) is 1.78. The fourth-order valence-corrected chi connectivity index (χ4v) is 3.34. The minimum absolute atomic E-state index is 0.0850. The van der Waals surface area contributed by atoms with E-state index in [1.165, 1.54) is 0 Å². The van der Waals surface area contributed by atoms with Crippen LogP contribution in [-0.2, 0) is 9.53 Å². The Morgan fingerprint density at radius 2 is 1.87 bits per heavy atom. The molecule has 3 rings (SSSR count). The highest BCUT2D eigenvalue weighted by atomic mass is 16.5. The number of hydrogen-bond acceptors (Lipinski definition) is 4. The zero-order chi connectivity index (χ0) is 16.3. The summed E-state index contributed by atoms with van der Waals surface area (Å²) in [6, 6.07) is 9.83. The molecule has 23 heavy (non-hydrogen) atoms. The van der Waals surface area contributed by atoms with Gasteiger partial charge in [-0.15, -0.1) is 0 Å². The summed E-state index contributed by atoms with van der Waals surface area (Å²) in [6.07, 6.45) is 0.974. The van der Waals surface area contributed by atoms with Gasteiger partial charge in [-0.05, 0) is 26.0 Å². The van der Waals surface area contributed by atoms with Gasteiger partial charge in [-0.2, -0.15) is 0 Å². The van der Waals surface area contributed by atoms with Gasteiger partial charge >= 0.3 is 0 Å². The Hall–Kier alpha value is -1.59. The number of para-hydroxylation sites is 1. The van der Waals surface area contributed by atoms with E-state index in [2.05, 4.69) is 4.90 Å². The lowest BCUT2D eigenvalue weighted by atomic mass is 10.00. The maximum absolute atomic E-state index is 13.0. The number of nitrogens with zero attached hydrogens (tertiary/aromatic N) is 2. The van der Waals surface area contributed by atoms with E-state index in [-0.39, 0.29) is 12.0 Å². The molecular weight excluding hydrogens is 292 g/mol. The SMILES string of the molecule is CC(C)(C(=O)N1CCC(Oc2ccccc2)C1)N1CCOCC1. The van der Waals surface area contributed by atoms with Gasteiger partial charge < -0.3 is 14.4 Å². The number of likely N-dealkylation sites (tertiary alicyclic amines) is 1. The first-order valence-electron chi connectivity index (χ1n) is 8.41. The number of amides is 1. The topological polar surface area (TPSA) is 42.0 Å². The van der Waals surface area contributed by atoms with Crippen molar-refractivity contribution in [3.8, 4) is 5.75 Å². The molecule has 0 saturated carbocycles. The molecule has 0 aromatic heterocycles. The third-order valence-corrected chi connectivity index (χ3v) is 4.80. The van der Waals surface area contributed by atoms with Gasteiger partial charge in [0.25, 0.3) is 0 Å².